The van der Waals surface area contributed by atoms with Gasteiger partial charge in [-0.05, 0) is 72.0 Å². The molecule has 0 bridgehead atoms. The highest BCUT2D eigenvalue weighted by atomic mass is 35.5. The molecule has 0 radical (unpaired) electrons. The van der Waals surface area contributed by atoms with Crippen LogP contribution in [0.25, 0.3) is 28.1 Å². The number of aromatic nitrogens is 1. The molecule has 0 spiro atoms. The second kappa shape index (κ2) is 10.2. The first kappa shape index (κ1) is 25.0. The molecule has 4 nitrogen and oxygen atoms in total. The van der Waals surface area contributed by atoms with Crippen molar-refractivity contribution in [3.05, 3.63) is 102 Å². The zero-order chi connectivity index (χ0) is 25.2. The summed E-state index contributed by atoms with van der Waals surface area (Å²) in [6.45, 7) is 4.21. The van der Waals surface area contributed by atoms with Crippen LogP contribution in [0.15, 0.2) is 95.4 Å². The highest BCUT2D eigenvalue weighted by Crippen LogP contribution is 2.35. The Morgan fingerprint density at radius 3 is 2.49 bits per heavy atom. The number of hydrogen-bond acceptors (Lipinski definition) is 5. The average Bonchev–Trinajstić information content (AvgIpc) is 2.84. The molecule has 4 rings (SSSR count). The molecule has 0 atom stereocenters. The monoisotopic (exact) mass is 524 g/mol. The Labute approximate surface area is 213 Å². The van der Waals surface area contributed by atoms with Crippen LogP contribution in [0.5, 0.6) is 0 Å². The lowest BCUT2D eigenvalue weighted by Gasteiger charge is -2.17. The van der Waals surface area contributed by atoms with Gasteiger partial charge in [-0.25, -0.2) is 12.8 Å². The third kappa shape index (κ3) is 5.59. The Hall–Kier alpha value is -3.13. The van der Waals surface area contributed by atoms with Crippen LogP contribution in [0.2, 0.25) is 5.02 Å². The molecule has 178 valence electrons. The van der Waals surface area contributed by atoms with E-state index in [0.717, 1.165) is 39.2 Å². The van der Waals surface area contributed by atoms with Crippen LogP contribution in [0, 0.1) is 5.82 Å². The Morgan fingerprint density at radius 1 is 1.03 bits per heavy atom. The van der Waals surface area contributed by atoms with Gasteiger partial charge in [-0.2, -0.15) is 0 Å². The van der Waals surface area contributed by atoms with Gasteiger partial charge in [0.25, 0.3) is 0 Å². The molecule has 0 saturated heterocycles. The molecule has 0 aliphatic rings. The lowest BCUT2D eigenvalue weighted by atomic mass is 9.97. The fourth-order valence-corrected chi connectivity index (χ4v) is 5.07. The van der Waals surface area contributed by atoms with Crippen LogP contribution in [-0.2, 0) is 9.84 Å². The first-order valence-corrected chi connectivity index (χ1v) is 14.0. The number of benzene rings is 3. The van der Waals surface area contributed by atoms with E-state index in [1.807, 2.05) is 54.8 Å². The van der Waals surface area contributed by atoms with Crippen LogP contribution < -0.4 is 5.32 Å². The number of thioether (sulfide) groups is 1. The molecule has 4 aromatic rings. The fourth-order valence-electron chi connectivity index (χ4n) is 3.68. The summed E-state index contributed by atoms with van der Waals surface area (Å²) in [4.78, 5) is 5.03. The van der Waals surface area contributed by atoms with Crippen molar-refractivity contribution in [1.82, 2.24) is 4.98 Å². The Morgan fingerprint density at radius 2 is 1.83 bits per heavy atom. The van der Waals surface area contributed by atoms with Crippen molar-refractivity contribution in [1.29, 1.82) is 0 Å². The minimum Gasteiger partial charge on any atom is -0.355 e. The zero-order valence-corrected chi connectivity index (χ0v) is 21.4. The largest absolute Gasteiger partial charge is 0.355 e. The first-order valence-electron chi connectivity index (χ1n) is 10.5. The molecule has 1 heterocycles. The van der Waals surface area contributed by atoms with Gasteiger partial charge in [-0.3, -0.25) is 4.98 Å². The molecular formula is C27H22ClFN2O2S2. The van der Waals surface area contributed by atoms with Crippen LogP contribution in [0.1, 0.15) is 5.56 Å². The Balaban J connectivity index is 1.72. The van der Waals surface area contributed by atoms with Crippen molar-refractivity contribution < 1.29 is 12.8 Å². The van der Waals surface area contributed by atoms with Crippen molar-refractivity contribution in [3.63, 3.8) is 0 Å². The van der Waals surface area contributed by atoms with Crippen molar-refractivity contribution in [3.8, 4) is 22.4 Å². The van der Waals surface area contributed by atoms with Crippen LogP contribution in [0.4, 0.5) is 10.1 Å². The molecular weight excluding hydrogens is 503 g/mol. The van der Waals surface area contributed by atoms with E-state index < -0.39 is 15.7 Å². The van der Waals surface area contributed by atoms with Gasteiger partial charge in [-0.1, -0.05) is 36.4 Å². The van der Waals surface area contributed by atoms with E-state index in [4.69, 9.17) is 11.6 Å². The minimum atomic E-state index is -3.67. The lowest BCUT2D eigenvalue weighted by molar-refractivity contribution is 0.571. The van der Waals surface area contributed by atoms with E-state index in [1.54, 1.807) is 30.1 Å². The molecule has 1 aromatic heterocycles. The summed E-state index contributed by atoms with van der Waals surface area (Å²) in [6.07, 6.45) is 4.65. The quantitative estimate of drug-likeness (QED) is 0.255. The number of rotatable bonds is 7. The van der Waals surface area contributed by atoms with E-state index in [-0.39, 0.29) is 4.90 Å². The molecule has 1 N–H and O–H groups in total. The van der Waals surface area contributed by atoms with Gasteiger partial charge in [0.2, 0.25) is 0 Å². The molecule has 0 unspecified atom stereocenters. The fraction of sp³-hybridized carbons (Fsp3) is 0.0741. The predicted octanol–water partition coefficient (Wildman–Crippen LogP) is 7.42. The SMILES string of the molecule is C=C(Nc1ccc(Cl)c(-c2ccccn2)c1)c1ccc(SC)cc1-c1ccc(S(C)(=O)=O)c(F)c1. The van der Waals surface area contributed by atoms with E-state index >= 15 is 0 Å². The van der Waals surface area contributed by atoms with E-state index in [1.165, 1.54) is 12.1 Å². The minimum absolute atomic E-state index is 0.330. The van der Waals surface area contributed by atoms with Gasteiger partial charge in [0, 0.05) is 39.9 Å². The first-order chi connectivity index (χ1) is 16.7. The topological polar surface area (TPSA) is 59.1 Å². The molecule has 0 aliphatic carbocycles. The maximum atomic E-state index is 14.7. The third-order valence-corrected chi connectivity index (χ3v) is 7.58. The summed E-state index contributed by atoms with van der Waals surface area (Å²) in [5.74, 6) is -0.790. The van der Waals surface area contributed by atoms with Crippen molar-refractivity contribution in [2.24, 2.45) is 0 Å². The Kier molecular flexibility index (Phi) is 7.31. The number of halogens is 2. The third-order valence-electron chi connectivity index (χ3n) is 5.40. The highest BCUT2D eigenvalue weighted by molar-refractivity contribution is 7.98. The second-order valence-electron chi connectivity index (χ2n) is 7.84. The molecule has 35 heavy (non-hydrogen) atoms. The van der Waals surface area contributed by atoms with E-state index in [9.17, 15) is 12.8 Å². The number of anilines is 1. The molecule has 0 fully saturated rings. The summed E-state index contributed by atoms with van der Waals surface area (Å²) >= 11 is 7.97. The summed E-state index contributed by atoms with van der Waals surface area (Å²) < 4.78 is 38.4. The smallest absolute Gasteiger partial charge is 0.178 e. The summed E-state index contributed by atoms with van der Waals surface area (Å²) in [5.41, 5.74) is 4.91. The van der Waals surface area contributed by atoms with Crippen molar-refractivity contribution in [2.75, 3.05) is 17.8 Å². The van der Waals surface area contributed by atoms with Gasteiger partial charge in [0.05, 0.1) is 10.7 Å². The van der Waals surface area contributed by atoms with E-state index in [2.05, 4.69) is 16.9 Å². The number of pyridine rings is 1. The summed E-state index contributed by atoms with van der Waals surface area (Å²) in [6, 6.07) is 21.1. The maximum absolute atomic E-state index is 14.7. The lowest BCUT2D eigenvalue weighted by Crippen LogP contribution is -2.02. The van der Waals surface area contributed by atoms with Crippen molar-refractivity contribution in [2.45, 2.75) is 9.79 Å². The van der Waals surface area contributed by atoms with Gasteiger partial charge >= 0.3 is 0 Å². The normalized spacial score (nSPS) is 11.3. The van der Waals surface area contributed by atoms with Gasteiger partial charge in [0.15, 0.2) is 9.84 Å². The van der Waals surface area contributed by atoms with Gasteiger partial charge in [0.1, 0.15) is 10.7 Å². The van der Waals surface area contributed by atoms with E-state index in [0.29, 0.717) is 16.3 Å². The zero-order valence-electron chi connectivity index (χ0n) is 19.0. The number of nitrogens with zero attached hydrogens (tertiary/aromatic N) is 1. The van der Waals surface area contributed by atoms with Crippen LogP contribution in [-0.4, -0.2) is 25.9 Å². The van der Waals surface area contributed by atoms with Gasteiger partial charge in [-0.15, -0.1) is 11.8 Å². The maximum Gasteiger partial charge on any atom is 0.178 e. The van der Waals surface area contributed by atoms with Gasteiger partial charge < -0.3 is 5.32 Å². The molecule has 8 heteroatoms. The molecule has 0 aliphatic heterocycles. The highest BCUT2D eigenvalue weighted by Gasteiger charge is 2.17. The summed E-state index contributed by atoms with van der Waals surface area (Å²) in [7, 11) is -3.67. The summed E-state index contributed by atoms with van der Waals surface area (Å²) in [5, 5.41) is 3.89. The number of nitrogens with one attached hydrogen (secondary N) is 1. The standard InChI is InChI=1S/C27H22ClFN2O2S2/c1-17(31-19-8-11-24(28)23(15-19)26-6-4-5-13-30-26)21-10-9-20(34-2)16-22(21)18-7-12-27(25(29)14-18)35(3,32)33/h4-16,31H,1H2,2-3H3. The Bertz CT molecular complexity index is 1520. The second-order valence-corrected chi connectivity index (χ2v) is 11.1. The van der Waals surface area contributed by atoms with Crippen LogP contribution >= 0.6 is 23.4 Å². The average molecular weight is 525 g/mol. The number of hydrogen-bond donors (Lipinski definition) is 1. The molecule has 3 aromatic carbocycles. The number of sulfone groups is 1. The predicted molar refractivity (Wildman–Crippen MR) is 144 cm³/mol. The molecule has 0 saturated carbocycles. The van der Waals surface area contributed by atoms with Crippen molar-refractivity contribution >= 4 is 44.6 Å². The molecule has 0 amide bonds. The van der Waals surface area contributed by atoms with Crippen LogP contribution in [0.3, 0.4) is 0 Å².